The van der Waals surface area contributed by atoms with Crippen LogP contribution in [0.15, 0.2) is 36.4 Å². The van der Waals surface area contributed by atoms with Gasteiger partial charge in [-0.05, 0) is 18.1 Å². The topological polar surface area (TPSA) is 56.8 Å². The van der Waals surface area contributed by atoms with Crippen LogP contribution in [0.3, 0.4) is 0 Å². The molecule has 5 nitrogen and oxygen atoms in total. The monoisotopic (exact) mass is 315 g/mol. The summed E-state index contributed by atoms with van der Waals surface area (Å²) in [4.78, 5) is 12.6. The van der Waals surface area contributed by atoms with Gasteiger partial charge in [-0.25, -0.2) is 0 Å². The summed E-state index contributed by atoms with van der Waals surface area (Å²) >= 11 is 0. The maximum absolute atomic E-state index is 12.6. The maximum Gasteiger partial charge on any atom is 0.259 e. The van der Waals surface area contributed by atoms with E-state index in [1.807, 2.05) is 31.2 Å². The molecule has 1 N–H and O–H groups in total. The zero-order chi connectivity index (χ0) is 16.8. The van der Waals surface area contributed by atoms with Crippen LogP contribution in [-0.4, -0.2) is 27.2 Å². The molecule has 0 unspecified atom stereocenters. The summed E-state index contributed by atoms with van der Waals surface area (Å²) in [5.41, 5.74) is 2.54. The predicted octanol–water partition coefficient (Wildman–Crippen LogP) is 2.95. The molecular weight excluding hydrogens is 294 g/mol. The average Bonchev–Trinajstić information content (AvgIpc) is 2.59. The van der Waals surface area contributed by atoms with Crippen molar-refractivity contribution in [2.45, 2.75) is 13.5 Å². The molecule has 2 aromatic carbocycles. The van der Waals surface area contributed by atoms with Crippen LogP contribution in [0, 0.1) is 6.92 Å². The lowest BCUT2D eigenvalue weighted by Gasteiger charge is -2.15. The fraction of sp³-hybridized carbons (Fsp3) is 0.278. The van der Waals surface area contributed by atoms with E-state index in [2.05, 4.69) is 5.32 Å². The molecule has 0 bridgehead atoms. The Morgan fingerprint density at radius 2 is 1.61 bits per heavy atom. The summed E-state index contributed by atoms with van der Waals surface area (Å²) < 4.78 is 15.8. The van der Waals surface area contributed by atoms with Crippen molar-refractivity contribution in [3.05, 3.63) is 53.1 Å². The van der Waals surface area contributed by atoms with Gasteiger partial charge in [-0.3, -0.25) is 4.79 Å². The van der Waals surface area contributed by atoms with Gasteiger partial charge in [0.2, 0.25) is 0 Å². The van der Waals surface area contributed by atoms with E-state index in [0.717, 1.165) is 11.1 Å². The van der Waals surface area contributed by atoms with Crippen LogP contribution < -0.4 is 19.5 Å². The molecule has 0 spiro atoms. The Morgan fingerprint density at radius 3 is 2.13 bits per heavy atom. The third kappa shape index (κ3) is 3.74. The molecule has 0 saturated heterocycles. The predicted molar refractivity (Wildman–Crippen MR) is 88.4 cm³/mol. The van der Waals surface area contributed by atoms with E-state index in [0.29, 0.717) is 29.4 Å². The second kappa shape index (κ2) is 7.54. The number of aryl methyl sites for hydroxylation is 1. The van der Waals surface area contributed by atoms with Crippen LogP contribution in [0.25, 0.3) is 0 Å². The van der Waals surface area contributed by atoms with Gasteiger partial charge in [-0.1, -0.05) is 24.3 Å². The van der Waals surface area contributed by atoms with Crippen molar-refractivity contribution in [1.82, 2.24) is 5.32 Å². The Kier molecular flexibility index (Phi) is 5.46. The van der Waals surface area contributed by atoms with Gasteiger partial charge in [0.1, 0.15) is 22.8 Å². The summed E-state index contributed by atoms with van der Waals surface area (Å²) in [5.74, 6) is 1.12. The van der Waals surface area contributed by atoms with Gasteiger partial charge < -0.3 is 19.5 Å². The number of carbonyl (C=O) groups excluding carboxylic acids is 1. The molecule has 0 heterocycles. The summed E-state index contributed by atoms with van der Waals surface area (Å²) in [6.45, 7) is 2.44. The van der Waals surface area contributed by atoms with E-state index in [-0.39, 0.29) is 5.91 Å². The van der Waals surface area contributed by atoms with E-state index in [1.54, 1.807) is 19.2 Å². The minimum absolute atomic E-state index is 0.260. The lowest BCUT2D eigenvalue weighted by molar-refractivity contribution is 0.0944. The Hall–Kier alpha value is -2.69. The van der Waals surface area contributed by atoms with Gasteiger partial charge in [-0.2, -0.15) is 0 Å². The highest BCUT2D eigenvalue weighted by Gasteiger charge is 2.20. The molecule has 0 aromatic heterocycles. The smallest absolute Gasteiger partial charge is 0.259 e. The molecule has 2 aromatic rings. The Morgan fingerprint density at radius 1 is 1.00 bits per heavy atom. The third-order valence-electron chi connectivity index (χ3n) is 3.64. The minimum Gasteiger partial charge on any atom is -0.496 e. The largest absolute Gasteiger partial charge is 0.496 e. The first-order valence-corrected chi connectivity index (χ1v) is 7.23. The molecule has 2 rings (SSSR count). The number of nitrogens with one attached hydrogen (secondary N) is 1. The summed E-state index contributed by atoms with van der Waals surface area (Å²) in [6, 6.07) is 11.2. The van der Waals surface area contributed by atoms with Gasteiger partial charge in [0.05, 0.1) is 21.3 Å². The summed E-state index contributed by atoms with van der Waals surface area (Å²) in [5, 5.41) is 2.90. The van der Waals surface area contributed by atoms with Crippen LogP contribution in [0.1, 0.15) is 21.5 Å². The number of benzene rings is 2. The van der Waals surface area contributed by atoms with Crippen molar-refractivity contribution in [2.75, 3.05) is 21.3 Å². The van der Waals surface area contributed by atoms with Gasteiger partial charge >= 0.3 is 0 Å². The zero-order valence-corrected chi connectivity index (χ0v) is 13.8. The molecule has 0 radical (unpaired) electrons. The second-order valence-electron chi connectivity index (χ2n) is 5.02. The first-order chi connectivity index (χ1) is 11.1. The molecule has 23 heavy (non-hydrogen) atoms. The minimum atomic E-state index is -0.260. The second-order valence-corrected chi connectivity index (χ2v) is 5.02. The molecule has 5 heteroatoms. The van der Waals surface area contributed by atoms with Crippen LogP contribution in [0.2, 0.25) is 0 Å². The zero-order valence-electron chi connectivity index (χ0n) is 13.8. The van der Waals surface area contributed by atoms with Crippen molar-refractivity contribution >= 4 is 5.91 Å². The molecule has 0 aliphatic carbocycles. The first kappa shape index (κ1) is 16.7. The molecular formula is C18H21NO4. The van der Waals surface area contributed by atoms with Crippen LogP contribution in [-0.2, 0) is 6.54 Å². The van der Waals surface area contributed by atoms with Crippen molar-refractivity contribution in [2.24, 2.45) is 0 Å². The maximum atomic E-state index is 12.6. The van der Waals surface area contributed by atoms with Gasteiger partial charge in [0.25, 0.3) is 5.91 Å². The van der Waals surface area contributed by atoms with E-state index in [1.165, 1.54) is 14.2 Å². The summed E-state index contributed by atoms with van der Waals surface area (Å²) in [7, 11) is 4.56. The molecule has 0 aliphatic heterocycles. The van der Waals surface area contributed by atoms with Crippen molar-refractivity contribution in [3.8, 4) is 17.2 Å². The number of ether oxygens (including phenoxy) is 3. The average molecular weight is 315 g/mol. The van der Waals surface area contributed by atoms with Crippen LogP contribution >= 0.6 is 0 Å². The standard InChI is InChI=1S/C18H21NO4/c1-12-7-5-6-8-13(12)11-19-18(20)17-15(22-3)9-14(21-2)10-16(17)23-4/h5-10H,11H2,1-4H3,(H,19,20). The van der Waals surface area contributed by atoms with Crippen molar-refractivity contribution in [1.29, 1.82) is 0 Å². The normalized spacial score (nSPS) is 10.1. The fourth-order valence-electron chi connectivity index (χ4n) is 2.30. The first-order valence-electron chi connectivity index (χ1n) is 7.23. The SMILES string of the molecule is COc1cc(OC)c(C(=O)NCc2ccccc2C)c(OC)c1. The number of methoxy groups -OCH3 is 3. The molecule has 0 atom stereocenters. The van der Waals surface area contributed by atoms with E-state index in [4.69, 9.17) is 14.2 Å². The Bertz CT molecular complexity index is 672. The fourth-order valence-corrected chi connectivity index (χ4v) is 2.30. The molecule has 0 aliphatic rings. The molecule has 122 valence electrons. The molecule has 0 saturated carbocycles. The number of rotatable bonds is 6. The lowest BCUT2D eigenvalue weighted by Crippen LogP contribution is -2.24. The quantitative estimate of drug-likeness (QED) is 0.890. The lowest BCUT2D eigenvalue weighted by atomic mass is 10.1. The highest BCUT2D eigenvalue weighted by molar-refractivity contribution is 6.00. The van der Waals surface area contributed by atoms with E-state index in [9.17, 15) is 4.79 Å². The summed E-state index contributed by atoms with van der Waals surface area (Å²) in [6.07, 6.45) is 0. The van der Waals surface area contributed by atoms with Gasteiger partial charge in [-0.15, -0.1) is 0 Å². The van der Waals surface area contributed by atoms with E-state index < -0.39 is 0 Å². The highest BCUT2D eigenvalue weighted by atomic mass is 16.5. The van der Waals surface area contributed by atoms with E-state index >= 15 is 0 Å². The van der Waals surface area contributed by atoms with Gasteiger partial charge in [0, 0.05) is 18.7 Å². The Labute approximate surface area is 136 Å². The number of carbonyl (C=O) groups is 1. The van der Waals surface area contributed by atoms with Crippen LogP contribution in [0.5, 0.6) is 17.2 Å². The molecule has 1 amide bonds. The highest BCUT2D eigenvalue weighted by Crippen LogP contribution is 2.33. The van der Waals surface area contributed by atoms with Crippen molar-refractivity contribution in [3.63, 3.8) is 0 Å². The number of hydrogen-bond acceptors (Lipinski definition) is 4. The van der Waals surface area contributed by atoms with Crippen molar-refractivity contribution < 1.29 is 19.0 Å². The number of hydrogen-bond donors (Lipinski definition) is 1. The third-order valence-corrected chi connectivity index (χ3v) is 3.64. The molecule has 0 fully saturated rings. The Balaban J connectivity index is 2.26. The number of amides is 1. The van der Waals surface area contributed by atoms with Gasteiger partial charge in [0.15, 0.2) is 0 Å². The van der Waals surface area contributed by atoms with Crippen LogP contribution in [0.4, 0.5) is 0 Å².